The zero-order valence-corrected chi connectivity index (χ0v) is 10.7. The van der Waals surface area contributed by atoms with Crippen molar-refractivity contribution in [2.24, 2.45) is 0 Å². The van der Waals surface area contributed by atoms with Crippen LogP contribution in [0.5, 0.6) is 11.6 Å². The van der Waals surface area contributed by atoms with E-state index in [1.165, 1.54) is 12.1 Å². The van der Waals surface area contributed by atoms with E-state index in [-0.39, 0.29) is 11.7 Å². The smallest absolute Gasteiger partial charge is 0.242 e. The number of hydrogen-bond acceptors (Lipinski definition) is 3. The van der Waals surface area contributed by atoms with Crippen LogP contribution < -0.4 is 10.5 Å². The third-order valence-corrected chi connectivity index (χ3v) is 2.78. The predicted octanol–water partition coefficient (Wildman–Crippen LogP) is 3.67. The maximum absolute atomic E-state index is 13.1. The summed E-state index contributed by atoms with van der Waals surface area (Å²) >= 11 is 3.27. The van der Waals surface area contributed by atoms with Gasteiger partial charge in [-0.15, -0.1) is 0 Å². The summed E-state index contributed by atoms with van der Waals surface area (Å²) in [6.07, 6.45) is 0. The van der Waals surface area contributed by atoms with Gasteiger partial charge in [0.05, 0.1) is 10.2 Å². The second kappa shape index (κ2) is 4.71. The molecule has 0 atom stereocenters. The maximum atomic E-state index is 13.1. The van der Waals surface area contributed by atoms with Gasteiger partial charge in [-0.3, -0.25) is 0 Å². The number of aromatic nitrogens is 1. The molecule has 1 aromatic carbocycles. The van der Waals surface area contributed by atoms with Crippen molar-refractivity contribution in [3.63, 3.8) is 0 Å². The van der Waals surface area contributed by atoms with Crippen molar-refractivity contribution in [3.8, 4) is 11.6 Å². The van der Waals surface area contributed by atoms with Gasteiger partial charge in [0.25, 0.3) is 0 Å². The first-order valence-corrected chi connectivity index (χ1v) is 5.71. The summed E-state index contributed by atoms with van der Waals surface area (Å²) in [6, 6.07) is 7.65. The van der Waals surface area contributed by atoms with Crippen LogP contribution in [0.4, 0.5) is 10.1 Å². The molecule has 0 bridgehead atoms. The standard InChI is InChI=1S/C12H10BrFN2O/c1-7-2-5-10(15)12(16-7)17-11-6-8(14)3-4-9(11)13/h2-6H,15H2,1H3. The van der Waals surface area contributed by atoms with Crippen LogP contribution in [0, 0.1) is 12.7 Å². The minimum Gasteiger partial charge on any atom is -0.436 e. The number of ether oxygens (including phenoxy) is 1. The average molecular weight is 297 g/mol. The lowest BCUT2D eigenvalue weighted by atomic mass is 10.3. The van der Waals surface area contributed by atoms with E-state index in [0.717, 1.165) is 5.69 Å². The van der Waals surface area contributed by atoms with Crippen LogP contribution in [0.1, 0.15) is 5.69 Å². The fraction of sp³-hybridized carbons (Fsp3) is 0.0833. The van der Waals surface area contributed by atoms with Crippen molar-refractivity contribution in [2.75, 3.05) is 5.73 Å². The number of hydrogen-bond donors (Lipinski definition) is 1. The molecule has 17 heavy (non-hydrogen) atoms. The molecule has 2 N–H and O–H groups in total. The average Bonchev–Trinajstić information content (AvgIpc) is 2.28. The summed E-state index contributed by atoms with van der Waals surface area (Å²) < 4.78 is 19.2. The second-order valence-electron chi connectivity index (χ2n) is 3.52. The Morgan fingerprint density at radius 2 is 2.06 bits per heavy atom. The van der Waals surface area contributed by atoms with E-state index < -0.39 is 0 Å². The second-order valence-corrected chi connectivity index (χ2v) is 4.38. The van der Waals surface area contributed by atoms with E-state index >= 15 is 0 Å². The lowest BCUT2D eigenvalue weighted by Gasteiger charge is -2.09. The molecular weight excluding hydrogens is 287 g/mol. The Hall–Kier alpha value is -1.62. The quantitative estimate of drug-likeness (QED) is 0.920. The molecule has 0 aliphatic heterocycles. The van der Waals surface area contributed by atoms with Gasteiger partial charge in [0.2, 0.25) is 5.88 Å². The maximum Gasteiger partial charge on any atom is 0.242 e. The molecule has 0 aliphatic rings. The van der Waals surface area contributed by atoms with E-state index in [0.29, 0.717) is 15.9 Å². The number of halogens is 2. The number of nitrogens with zero attached hydrogens (tertiary/aromatic N) is 1. The van der Waals surface area contributed by atoms with Gasteiger partial charge < -0.3 is 10.5 Å². The lowest BCUT2D eigenvalue weighted by molar-refractivity contribution is 0.456. The number of pyridine rings is 1. The Morgan fingerprint density at radius 3 is 2.82 bits per heavy atom. The van der Waals surface area contributed by atoms with Gasteiger partial charge in [0, 0.05) is 11.8 Å². The number of nitrogen functional groups attached to an aromatic ring is 1. The lowest BCUT2D eigenvalue weighted by Crippen LogP contribution is -1.97. The molecule has 2 rings (SSSR count). The molecule has 5 heteroatoms. The minimum atomic E-state index is -0.380. The van der Waals surface area contributed by atoms with Crippen molar-refractivity contribution in [1.29, 1.82) is 0 Å². The van der Waals surface area contributed by atoms with Crippen molar-refractivity contribution in [2.45, 2.75) is 6.92 Å². The Balaban J connectivity index is 2.37. The number of rotatable bonds is 2. The molecule has 0 saturated carbocycles. The fourth-order valence-corrected chi connectivity index (χ4v) is 1.61. The van der Waals surface area contributed by atoms with Crippen LogP contribution in [0.15, 0.2) is 34.8 Å². The topological polar surface area (TPSA) is 48.1 Å². The molecule has 0 radical (unpaired) electrons. The van der Waals surface area contributed by atoms with Gasteiger partial charge in [-0.25, -0.2) is 9.37 Å². The first kappa shape index (κ1) is 11.9. The van der Waals surface area contributed by atoms with Crippen molar-refractivity contribution >= 4 is 21.6 Å². The molecule has 0 amide bonds. The van der Waals surface area contributed by atoms with Crippen LogP contribution in [0.2, 0.25) is 0 Å². The fourth-order valence-electron chi connectivity index (χ4n) is 1.28. The number of anilines is 1. The summed E-state index contributed by atoms with van der Waals surface area (Å²) in [7, 11) is 0. The van der Waals surface area contributed by atoms with Gasteiger partial charge in [-0.2, -0.15) is 0 Å². The largest absolute Gasteiger partial charge is 0.436 e. The Kier molecular flexibility index (Phi) is 3.28. The third kappa shape index (κ3) is 2.74. The van der Waals surface area contributed by atoms with Gasteiger partial charge in [0.15, 0.2) is 0 Å². The summed E-state index contributed by atoms with van der Waals surface area (Å²) in [6.45, 7) is 1.83. The van der Waals surface area contributed by atoms with Crippen LogP contribution in [0.25, 0.3) is 0 Å². The van der Waals surface area contributed by atoms with Crippen molar-refractivity contribution in [1.82, 2.24) is 4.98 Å². The highest BCUT2D eigenvalue weighted by atomic mass is 79.9. The van der Waals surface area contributed by atoms with E-state index in [1.807, 2.05) is 6.92 Å². The summed E-state index contributed by atoms with van der Waals surface area (Å²) in [5.74, 6) is 0.237. The Morgan fingerprint density at radius 1 is 1.29 bits per heavy atom. The molecule has 1 heterocycles. The van der Waals surface area contributed by atoms with Crippen molar-refractivity contribution in [3.05, 3.63) is 46.3 Å². The highest BCUT2D eigenvalue weighted by Gasteiger charge is 2.08. The molecule has 0 spiro atoms. The summed E-state index contributed by atoms with van der Waals surface area (Å²) in [5.41, 5.74) is 6.92. The van der Waals surface area contributed by atoms with Gasteiger partial charge in [0.1, 0.15) is 11.6 Å². The van der Waals surface area contributed by atoms with E-state index in [9.17, 15) is 4.39 Å². The first-order chi connectivity index (χ1) is 8.06. The zero-order chi connectivity index (χ0) is 12.4. The van der Waals surface area contributed by atoms with E-state index in [1.54, 1.807) is 18.2 Å². The number of nitrogens with two attached hydrogens (primary N) is 1. The SMILES string of the molecule is Cc1ccc(N)c(Oc2cc(F)ccc2Br)n1. The van der Waals surface area contributed by atoms with Crippen LogP contribution in [-0.2, 0) is 0 Å². The van der Waals surface area contributed by atoms with Crippen LogP contribution >= 0.6 is 15.9 Å². The molecule has 0 saturated heterocycles. The van der Waals surface area contributed by atoms with Crippen LogP contribution in [0.3, 0.4) is 0 Å². The number of aryl methyl sites for hydroxylation is 1. The van der Waals surface area contributed by atoms with Gasteiger partial charge in [-0.1, -0.05) is 0 Å². The molecule has 2 aromatic rings. The molecule has 0 unspecified atom stereocenters. The van der Waals surface area contributed by atoms with E-state index in [2.05, 4.69) is 20.9 Å². The highest BCUT2D eigenvalue weighted by molar-refractivity contribution is 9.10. The van der Waals surface area contributed by atoms with Crippen molar-refractivity contribution < 1.29 is 9.13 Å². The molecule has 88 valence electrons. The molecule has 3 nitrogen and oxygen atoms in total. The molecule has 1 aromatic heterocycles. The Bertz CT molecular complexity index is 511. The monoisotopic (exact) mass is 296 g/mol. The Labute approximate surface area is 107 Å². The number of benzene rings is 1. The molecule has 0 fully saturated rings. The van der Waals surface area contributed by atoms with Gasteiger partial charge in [-0.05, 0) is 47.1 Å². The minimum absolute atomic E-state index is 0.274. The van der Waals surface area contributed by atoms with E-state index in [4.69, 9.17) is 10.5 Å². The molecule has 0 aliphatic carbocycles. The predicted molar refractivity (Wildman–Crippen MR) is 67.6 cm³/mol. The third-order valence-electron chi connectivity index (χ3n) is 2.13. The summed E-state index contributed by atoms with van der Waals surface area (Å²) in [4.78, 5) is 4.15. The van der Waals surface area contributed by atoms with Gasteiger partial charge >= 0.3 is 0 Å². The molecular formula is C12H10BrFN2O. The normalized spacial score (nSPS) is 10.3. The first-order valence-electron chi connectivity index (χ1n) is 4.92. The highest BCUT2D eigenvalue weighted by Crippen LogP contribution is 2.31. The van der Waals surface area contributed by atoms with Crippen LogP contribution in [-0.4, -0.2) is 4.98 Å². The summed E-state index contributed by atoms with van der Waals surface area (Å²) in [5, 5.41) is 0. The zero-order valence-electron chi connectivity index (χ0n) is 9.08.